The highest BCUT2D eigenvalue weighted by Crippen LogP contribution is 2.33. The summed E-state index contributed by atoms with van der Waals surface area (Å²) in [5.74, 6) is -0.472. The van der Waals surface area contributed by atoms with Gasteiger partial charge < -0.3 is 10.6 Å². The topological polar surface area (TPSA) is 71.8 Å². The van der Waals surface area contributed by atoms with Crippen LogP contribution in [0.4, 0.5) is 18.9 Å². The summed E-state index contributed by atoms with van der Waals surface area (Å²) in [4.78, 5) is 12.7. The molecule has 0 bridgehead atoms. The third kappa shape index (κ3) is 4.57. The van der Waals surface area contributed by atoms with Gasteiger partial charge in [-0.1, -0.05) is 22.9 Å². The number of carbonyl (C=O) groups is 1. The lowest BCUT2D eigenvalue weighted by molar-refractivity contribution is -0.138. The molecule has 0 radical (unpaired) electrons. The zero-order valence-electron chi connectivity index (χ0n) is 16.6. The van der Waals surface area contributed by atoms with Crippen LogP contribution in [-0.4, -0.2) is 27.4 Å². The van der Waals surface area contributed by atoms with Gasteiger partial charge >= 0.3 is 6.18 Å². The molecule has 1 aromatic heterocycles. The summed E-state index contributed by atoms with van der Waals surface area (Å²) in [5, 5.41) is 14.0. The van der Waals surface area contributed by atoms with Gasteiger partial charge in [0.1, 0.15) is 0 Å². The predicted octanol–water partition coefficient (Wildman–Crippen LogP) is 4.21. The van der Waals surface area contributed by atoms with Crippen molar-refractivity contribution in [3.8, 4) is 0 Å². The number of nitrogens with zero attached hydrogens (tertiary/aromatic N) is 3. The molecule has 1 aliphatic heterocycles. The molecule has 0 unspecified atom stereocenters. The smallest absolute Gasteiger partial charge is 0.321 e. The number of carbonyl (C=O) groups excluding carboxylic acids is 1. The van der Waals surface area contributed by atoms with Crippen LogP contribution in [0.3, 0.4) is 0 Å². The van der Waals surface area contributed by atoms with Gasteiger partial charge in [-0.3, -0.25) is 4.79 Å². The number of nitrogens with one attached hydrogen (secondary N) is 2. The zero-order chi connectivity index (χ0) is 22.2. The lowest BCUT2D eigenvalue weighted by atomic mass is 10.0. The highest BCUT2D eigenvalue weighted by molar-refractivity contribution is 6.30. The minimum Gasteiger partial charge on any atom is -0.321 e. The molecule has 10 heteroatoms. The van der Waals surface area contributed by atoms with Gasteiger partial charge in [0.15, 0.2) is 5.69 Å². The number of halogens is 4. The SMILES string of the molecule is Cc1c(C(=O)Nc2ccc3c(c2)CCNC3)nnn1Cc1cc(Cl)ccc1C(F)(F)F. The molecule has 2 N–H and O–H groups in total. The molecule has 0 spiro atoms. The van der Waals surface area contributed by atoms with E-state index in [1.54, 1.807) is 6.92 Å². The second-order valence-electron chi connectivity index (χ2n) is 7.34. The van der Waals surface area contributed by atoms with Crippen LogP contribution in [0.25, 0.3) is 0 Å². The Labute approximate surface area is 181 Å². The van der Waals surface area contributed by atoms with Crippen molar-refractivity contribution >= 4 is 23.2 Å². The van der Waals surface area contributed by atoms with E-state index in [0.717, 1.165) is 31.1 Å². The van der Waals surface area contributed by atoms with Gasteiger partial charge in [0, 0.05) is 17.3 Å². The number of amides is 1. The van der Waals surface area contributed by atoms with Crippen molar-refractivity contribution in [1.82, 2.24) is 20.3 Å². The fraction of sp³-hybridized carbons (Fsp3) is 0.286. The highest BCUT2D eigenvalue weighted by Gasteiger charge is 2.33. The number of benzene rings is 2. The largest absolute Gasteiger partial charge is 0.416 e. The second kappa shape index (κ2) is 8.32. The van der Waals surface area contributed by atoms with Crippen LogP contribution in [0.2, 0.25) is 5.02 Å². The van der Waals surface area contributed by atoms with E-state index >= 15 is 0 Å². The van der Waals surface area contributed by atoms with Crippen molar-refractivity contribution in [1.29, 1.82) is 0 Å². The molecule has 1 amide bonds. The fourth-order valence-corrected chi connectivity index (χ4v) is 3.79. The minimum atomic E-state index is -4.53. The Morgan fingerprint density at radius 3 is 2.81 bits per heavy atom. The van der Waals surface area contributed by atoms with E-state index in [0.29, 0.717) is 11.4 Å². The molecule has 6 nitrogen and oxygen atoms in total. The normalized spacial score (nSPS) is 13.7. The third-order valence-electron chi connectivity index (χ3n) is 5.24. The first-order valence-electron chi connectivity index (χ1n) is 9.62. The molecule has 0 saturated heterocycles. The Bertz CT molecular complexity index is 1140. The number of anilines is 1. The molecule has 162 valence electrons. The van der Waals surface area contributed by atoms with Crippen molar-refractivity contribution in [2.75, 3.05) is 11.9 Å². The van der Waals surface area contributed by atoms with Gasteiger partial charge in [0.2, 0.25) is 0 Å². The first-order chi connectivity index (χ1) is 14.7. The summed E-state index contributed by atoms with van der Waals surface area (Å²) < 4.78 is 41.2. The first-order valence-corrected chi connectivity index (χ1v) is 10.00. The Hall–Kier alpha value is -2.91. The summed E-state index contributed by atoms with van der Waals surface area (Å²) in [6.45, 7) is 3.04. The number of hydrogen-bond acceptors (Lipinski definition) is 4. The van der Waals surface area contributed by atoms with Gasteiger partial charge in [-0.2, -0.15) is 13.2 Å². The Morgan fingerprint density at radius 2 is 2.03 bits per heavy atom. The van der Waals surface area contributed by atoms with Crippen LogP contribution in [0.15, 0.2) is 36.4 Å². The molecule has 0 atom stereocenters. The molecule has 1 aliphatic rings. The van der Waals surface area contributed by atoms with Crippen molar-refractivity contribution in [3.05, 3.63) is 75.1 Å². The molecular weight excluding hydrogens is 431 g/mol. The molecule has 3 aromatic rings. The Balaban J connectivity index is 1.55. The maximum atomic E-state index is 13.3. The molecular formula is C21H19ClF3N5O. The van der Waals surface area contributed by atoms with E-state index in [4.69, 9.17) is 11.6 Å². The maximum absolute atomic E-state index is 13.3. The summed E-state index contributed by atoms with van der Waals surface area (Å²) in [7, 11) is 0. The number of alkyl halides is 3. The summed E-state index contributed by atoms with van der Waals surface area (Å²) in [6, 6.07) is 9.06. The highest BCUT2D eigenvalue weighted by atomic mass is 35.5. The van der Waals surface area contributed by atoms with E-state index in [2.05, 4.69) is 20.9 Å². The Kier molecular flexibility index (Phi) is 5.72. The molecule has 4 rings (SSSR count). The minimum absolute atomic E-state index is 0.0509. The second-order valence-corrected chi connectivity index (χ2v) is 7.78. The number of fused-ring (bicyclic) bond motifs is 1. The summed E-state index contributed by atoms with van der Waals surface area (Å²) in [5.41, 5.74) is 2.53. The van der Waals surface area contributed by atoms with E-state index in [-0.39, 0.29) is 22.8 Å². The van der Waals surface area contributed by atoms with Crippen LogP contribution in [0, 0.1) is 6.92 Å². The van der Waals surface area contributed by atoms with Gasteiger partial charge in [0.05, 0.1) is 17.8 Å². The standard InChI is InChI=1S/C21H19ClF3N5O/c1-12-19(20(31)27-17-4-2-14-10-26-7-6-13(14)9-17)28-29-30(12)11-15-8-16(22)3-5-18(15)21(23,24)25/h2-5,8-9,26H,6-7,10-11H2,1H3,(H,27,31). The van der Waals surface area contributed by atoms with Crippen LogP contribution >= 0.6 is 11.6 Å². The van der Waals surface area contributed by atoms with Crippen molar-refractivity contribution in [2.45, 2.75) is 32.6 Å². The van der Waals surface area contributed by atoms with Gasteiger partial charge in [-0.05, 0) is 66.9 Å². The molecule has 0 saturated carbocycles. The van der Waals surface area contributed by atoms with E-state index < -0.39 is 17.6 Å². The number of aromatic nitrogens is 3. The summed E-state index contributed by atoms with van der Waals surface area (Å²) >= 11 is 5.89. The van der Waals surface area contributed by atoms with E-state index in [1.165, 1.54) is 22.4 Å². The number of rotatable bonds is 4. The lowest BCUT2D eigenvalue weighted by Crippen LogP contribution is -2.23. The monoisotopic (exact) mass is 449 g/mol. The third-order valence-corrected chi connectivity index (χ3v) is 5.48. The number of hydrogen-bond donors (Lipinski definition) is 2. The lowest BCUT2D eigenvalue weighted by Gasteiger charge is -2.18. The first kappa shape index (κ1) is 21.3. The quantitative estimate of drug-likeness (QED) is 0.626. The molecule has 0 aliphatic carbocycles. The Morgan fingerprint density at radius 1 is 1.23 bits per heavy atom. The molecule has 31 heavy (non-hydrogen) atoms. The molecule has 0 fully saturated rings. The average Bonchev–Trinajstić information content (AvgIpc) is 3.07. The van der Waals surface area contributed by atoms with Gasteiger partial charge in [-0.15, -0.1) is 5.10 Å². The zero-order valence-corrected chi connectivity index (χ0v) is 17.3. The van der Waals surface area contributed by atoms with Gasteiger partial charge in [-0.25, -0.2) is 4.68 Å². The van der Waals surface area contributed by atoms with Gasteiger partial charge in [0.25, 0.3) is 5.91 Å². The van der Waals surface area contributed by atoms with Crippen LogP contribution in [-0.2, 0) is 25.7 Å². The van der Waals surface area contributed by atoms with Crippen LogP contribution in [0.1, 0.15) is 38.4 Å². The average molecular weight is 450 g/mol. The van der Waals surface area contributed by atoms with Crippen molar-refractivity contribution in [3.63, 3.8) is 0 Å². The maximum Gasteiger partial charge on any atom is 0.416 e. The van der Waals surface area contributed by atoms with Crippen LogP contribution in [0.5, 0.6) is 0 Å². The fourth-order valence-electron chi connectivity index (χ4n) is 3.60. The van der Waals surface area contributed by atoms with Crippen LogP contribution < -0.4 is 10.6 Å². The molecule has 2 heterocycles. The van der Waals surface area contributed by atoms with E-state index in [9.17, 15) is 18.0 Å². The van der Waals surface area contributed by atoms with Crippen molar-refractivity contribution < 1.29 is 18.0 Å². The van der Waals surface area contributed by atoms with Crippen molar-refractivity contribution in [2.24, 2.45) is 0 Å². The predicted molar refractivity (Wildman–Crippen MR) is 110 cm³/mol. The summed E-state index contributed by atoms with van der Waals surface area (Å²) in [6.07, 6.45) is -3.66. The van der Waals surface area contributed by atoms with E-state index in [1.807, 2.05) is 18.2 Å². The molecule has 2 aromatic carbocycles.